The first-order chi connectivity index (χ1) is 5.95. The number of hydrogen-bond donors (Lipinski definition) is 1. The number of amides is 1. The van der Waals surface area contributed by atoms with Crippen molar-refractivity contribution in [1.29, 1.82) is 0 Å². The van der Waals surface area contributed by atoms with Crippen molar-refractivity contribution in [3.8, 4) is 0 Å². The average molecular weight is 182 g/mol. The highest BCUT2D eigenvalue weighted by Crippen LogP contribution is 2.32. The third kappa shape index (κ3) is 1.69. The molecular weight excluding hydrogens is 164 g/mol. The summed E-state index contributed by atoms with van der Waals surface area (Å²) in [6.45, 7) is 10.1. The Balaban J connectivity index is 2.79. The largest absolute Gasteiger partial charge is 0.368 e. The van der Waals surface area contributed by atoms with Crippen LogP contribution in [-0.4, -0.2) is 22.9 Å². The molecule has 0 aromatic heterocycles. The Hall–Kier alpha value is -0.990. The van der Waals surface area contributed by atoms with Crippen LogP contribution in [0.15, 0.2) is 12.3 Å². The van der Waals surface area contributed by atoms with Gasteiger partial charge in [0, 0.05) is 11.7 Å². The molecule has 1 fully saturated rings. The highest BCUT2D eigenvalue weighted by molar-refractivity contribution is 5.79. The van der Waals surface area contributed by atoms with Crippen LogP contribution in [0.4, 0.5) is 0 Å². The van der Waals surface area contributed by atoms with E-state index in [2.05, 4.69) is 20.4 Å². The van der Waals surface area contributed by atoms with E-state index in [0.717, 1.165) is 12.1 Å². The topological polar surface area (TPSA) is 46.3 Å². The number of primary amides is 1. The number of nitrogens with two attached hydrogens (primary N) is 1. The minimum Gasteiger partial charge on any atom is -0.368 e. The second-order valence-electron chi connectivity index (χ2n) is 3.97. The van der Waals surface area contributed by atoms with Crippen molar-refractivity contribution in [2.75, 3.05) is 0 Å². The Bertz CT molecular complexity index is 237. The number of carbonyl (C=O) groups excluding carboxylic acids is 1. The maximum absolute atomic E-state index is 11.0. The minimum absolute atomic E-state index is 0.229. The monoisotopic (exact) mass is 182 g/mol. The van der Waals surface area contributed by atoms with Crippen LogP contribution in [0, 0.1) is 5.92 Å². The number of carbonyl (C=O) groups is 1. The normalized spacial score (nSPS) is 30.7. The van der Waals surface area contributed by atoms with Crippen LogP contribution in [-0.2, 0) is 4.79 Å². The van der Waals surface area contributed by atoms with Gasteiger partial charge in [-0.05, 0) is 26.2 Å². The molecule has 1 rings (SSSR count). The van der Waals surface area contributed by atoms with Crippen LogP contribution < -0.4 is 5.73 Å². The lowest BCUT2D eigenvalue weighted by Crippen LogP contribution is -2.44. The predicted octanol–water partition coefficient (Wildman–Crippen LogP) is 1.10. The van der Waals surface area contributed by atoms with Crippen molar-refractivity contribution >= 4 is 5.91 Å². The first-order valence-corrected chi connectivity index (χ1v) is 4.70. The van der Waals surface area contributed by atoms with Crippen molar-refractivity contribution in [3.05, 3.63) is 12.3 Å². The fraction of sp³-hybridized carbons (Fsp3) is 0.700. The Morgan fingerprint density at radius 2 is 2.23 bits per heavy atom. The summed E-state index contributed by atoms with van der Waals surface area (Å²) in [5, 5.41) is 0. The van der Waals surface area contributed by atoms with Crippen molar-refractivity contribution < 1.29 is 4.79 Å². The molecule has 1 heterocycles. The maximum atomic E-state index is 11.0. The van der Waals surface area contributed by atoms with Crippen LogP contribution in [0.5, 0.6) is 0 Å². The molecule has 0 spiro atoms. The van der Waals surface area contributed by atoms with Crippen LogP contribution >= 0.6 is 0 Å². The van der Waals surface area contributed by atoms with Gasteiger partial charge < -0.3 is 10.6 Å². The Labute approximate surface area is 79.6 Å². The maximum Gasteiger partial charge on any atom is 0.239 e. The quantitative estimate of drug-likeness (QED) is 0.695. The lowest BCUT2D eigenvalue weighted by Gasteiger charge is -2.30. The molecule has 2 N–H and O–H groups in total. The van der Waals surface area contributed by atoms with E-state index in [1.165, 1.54) is 0 Å². The molecule has 1 aliphatic rings. The van der Waals surface area contributed by atoms with Crippen LogP contribution in [0.1, 0.15) is 27.2 Å². The summed E-state index contributed by atoms with van der Waals surface area (Å²) in [6.07, 6.45) is 0.971. The Kier molecular flexibility index (Phi) is 2.64. The molecule has 3 heteroatoms. The van der Waals surface area contributed by atoms with Gasteiger partial charge in [-0.25, -0.2) is 0 Å². The van der Waals surface area contributed by atoms with E-state index < -0.39 is 0 Å². The molecule has 74 valence electrons. The Morgan fingerprint density at radius 3 is 2.54 bits per heavy atom. The summed E-state index contributed by atoms with van der Waals surface area (Å²) >= 11 is 0. The molecule has 0 radical (unpaired) electrons. The number of likely N-dealkylation sites (tertiary alicyclic amines) is 1. The summed E-state index contributed by atoms with van der Waals surface area (Å²) in [7, 11) is 0. The first kappa shape index (κ1) is 10.1. The molecule has 13 heavy (non-hydrogen) atoms. The van der Waals surface area contributed by atoms with Gasteiger partial charge in [0.25, 0.3) is 0 Å². The van der Waals surface area contributed by atoms with Gasteiger partial charge in [-0.2, -0.15) is 0 Å². The number of rotatable bonds is 2. The second kappa shape index (κ2) is 3.40. The number of nitrogens with zero attached hydrogens (tertiary/aromatic N) is 1. The first-order valence-electron chi connectivity index (χ1n) is 4.70. The SMILES string of the molecule is C=C1CC(C)C(C)N1C(C)C(N)=O. The molecule has 0 bridgehead atoms. The van der Waals surface area contributed by atoms with Crippen LogP contribution in [0.2, 0.25) is 0 Å². The smallest absolute Gasteiger partial charge is 0.239 e. The zero-order valence-corrected chi connectivity index (χ0v) is 8.58. The minimum atomic E-state index is -0.276. The van der Waals surface area contributed by atoms with E-state index in [0.29, 0.717) is 12.0 Å². The van der Waals surface area contributed by atoms with E-state index in [1.807, 2.05) is 11.8 Å². The molecule has 0 aromatic carbocycles. The lowest BCUT2D eigenvalue weighted by molar-refractivity contribution is -0.122. The van der Waals surface area contributed by atoms with Gasteiger partial charge in [-0.1, -0.05) is 13.5 Å². The van der Waals surface area contributed by atoms with Gasteiger partial charge in [0.2, 0.25) is 5.91 Å². The van der Waals surface area contributed by atoms with Crippen LogP contribution in [0.3, 0.4) is 0 Å². The molecule has 1 aliphatic heterocycles. The molecular formula is C10H18N2O. The summed E-state index contributed by atoms with van der Waals surface area (Å²) in [5.74, 6) is 0.288. The van der Waals surface area contributed by atoms with E-state index in [4.69, 9.17) is 5.73 Å². The van der Waals surface area contributed by atoms with E-state index in [1.54, 1.807) is 0 Å². The van der Waals surface area contributed by atoms with E-state index in [-0.39, 0.29) is 11.9 Å². The van der Waals surface area contributed by atoms with Crippen molar-refractivity contribution in [2.24, 2.45) is 11.7 Å². The summed E-state index contributed by atoms with van der Waals surface area (Å²) in [6, 6.07) is 0.141. The number of allylic oxidation sites excluding steroid dienone is 1. The zero-order valence-electron chi connectivity index (χ0n) is 8.58. The molecule has 3 nitrogen and oxygen atoms in total. The van der Waals surface area contributed by atoms with Gasteiger partial charge >= 0.3 is 0 Å². The highest BCUT2D eigenvalue weighted by Gasteiger charge is 2.34. The highest BCUT2D eigenvalue weighted by atomic mass is 16.1. The molecule has 0 aromatic rings. The fourth-order valence-electron chi connectivity index (χ4n) is 1.97. The van der Waals surface area contributed by atoms with Crippen molar-refractivity contribution in [1.82, 2.24) is 4.90 Å². The standard InChI is InChI=1S/C10H18N2O/c1-6-5-7(2)12(8(6)3)9(4)10(11)13/h6,8-9H,2,5H2,1,3-4H3,(H2,11,13). The van der Waals surface area contributed by atoms with Crippen molar-refractivity contribution in [2.45, 2.75) is 39.3 Å². The zero-order chi connectivity index (χ0) is 10.2. The van der Waals surface area contributed by atoms with Gasteiger partial charge in [0.05, 0.1) is 0 Å². The fourth-order valence-corrected chi connectivity index (χ4v) is 1.97. The second-order valence-corrected chi connectivity index (χ2v) is 3.97. The van der Waals surface area contributed by atoms with Gasteiger partial charge in [0.15, 0.2) is 0 Å². The molecule has 1 saturated heterocycles. The Morgan fingerprint density at radius 1 is 1.69 bits per heavy atom. The predicted molar refractivity (Wildman–Crippen MR) is 52.9 cm³/mol. The summed E-state index contributed by atoms with van der Waals surface area (Å²) < 4.78 is 0. The van der Waals surface area contributed by atoms with Crippen LogP contribution in [0.25, 0.3) is 0 Å². The van der Waals surface area contributed by atoms with Crippen molar-refractivity contribution in [3.63, 3.8) is 0 Å². The van der Waals surface area contributed by atoms with Gasteiger partial charge in [0.1, 0.15) is 6.04 Å². The molecule has 3 unspecified atom stereocenters. The lowest BCUT2D eigenvalue weighted by atomic mass is 10.0. The molecule has 0 aliphatic carbocycles. The molecule has 3 atom stereocenters. The molecule has 1 amide bonds. The molecule has 0 saturated carbocycles. The van der Waals surface area contributed by atoms with Gasteiger partial charge in [-0.3, -0.25) is 4.79 Å². The summed E-state index contributed by atoms with van der Waals surface area (Å²) in [5.41, 5.74) is 6.30. The number of hydrogen-bond acceptors (Lipinski definition) is 2. The third-order valence-electron chi connectivity index (χ3n) is 3.01. The van der Waals surface area contributed by atoms with E-state index >= 15 is 0 Å². The summed E-state index contributed by atoms with van der Waals surface area (Å²) in [4.78, 5) is 13.1. The third-order valence-corrected chi connectivity index (χ3v) is 3.01. The average Bonchev–Trinajstić information content (AvgIpc) is 2.26. The van der Waals surface area contributed by atoms with Gasteiger partial charge in [-0.15, -0.1) is 0 Å². The van der Waals surface area contributed by atoms with E-state index in [9.17, 15) is 4.79 Å².